The maximum absolute atomic E-state index is 10.8. The summed E-state index contributed by atoms with van der Waals surface area (Å²) in [5.41, 5.74) is 0.413. The summed E-state index contributed by atoms with van der Waals surface area (Å²) in [5, 5.41) is 27.7. The van der Waals surface area contributed by atoms with Gasteiger partial charge in [0, 0.05) is 0 Å². The zero-order chi connectivity index (χ0) is 13.0. The molecule has 0 saturated heterocycles. The minimum atomic E-state index is -0.612. The minimum absolute atomic E-state index is 0.0988. The molecular weight excluding hydrogens is 234 g/mol. The molecule has 6 nitrogen and oxygen atoms in total. The van der Waals surface area contributed by atoms with Crippen LogP contribution in [0.25, 0.3) is 0 Å². The summed E-state index contributed by atoms with van der Waals surface area (Å²) in [5.74, 6) is -0.180. The minimum Gasteiger partial charge on any atom is -0.508 e. The van der Waals surface area contributed by atoms with Gasteiger partial charge in [-0.15, -0.1) is 5.11 Å². The first-order valence-corrected chi connectivity index (χ1v) is 5.11. The number of hydrogen-bond acceptors (Lipinski definition) is 5. The normalized spacial score (nSPS) is 10.7. The van der Waals surface area contributed by atoms with Gasteiger partial charge in [0.25, 0.3) is 5.69 Å². The average Bonchev–Trinajstić information content (AvgIpc) is 2.38. The second kappa shape index (κ2) is 5.05. The van der Waals surface area contributed by atoms with Crippen LogP contribution >= 0.6 is 0 Å². The van der Waals surface area contributed by atoms with Gasteiger partial charge in [0.05, 0.1) is 16.7 Å². The fourth-order valence-corrected chi connectivity index (χ4v) is 1.35. The van der Waals surface area contributed by atoms with E-state index in [1.54, 1.807) is 24.3 Å². The van der Waals surface area contributed by atoms with Crippen molar-refractivity contribution in [3.05, 3.63) is 58.6 Å². The lowest BCUT2D eigenvalue weighted by Gasteiger charge is -1.97. The Morgan fingerprint density at radius 2 is 1.78 bits per heavy atom. The molecule has 0 saturated carbocycles. The highest BCUT2D eigenvalue weighted by molar-refractivity contribution is 5.59. The molecule has 0 amide bonds. The first-order valence-electron chi connectivity index (χ1n) is 5.11. The first-order chi connectivity index (χ1) is 8.66. The van der Waals surface area contributed by atoms with E-state index in [2.05, 4.69) is 10.2 Å². The molecule has 0 spiro atoms. The van der Waals surface area contributed by atoms with E-state index < -0.39 is 4.92 Å². The largest absolute Gasteiger partial charge is 0.508 e. The van der Waals surface area contributed by atoms with Crippen LogP contribution in [0.4, 0.5) is 17.1 Å². The van der Waals surface area contributed by atoms with Crippen molar-refractivity contribution in [2.75, 3.05) is 0 Å². The van der Waals surface area contributed by atoms with E-state index in [4.69, 9.17) is 0 Å². The summed E-state index contributed by atoms with van der Waals surface area (Å²) >= 11 is 0. The Labute approximate surface area is 102 Å². The highest BCUT2D eigenvalue weighted by atomic mass is 16.6. The molecule has 0 aliphatic rings. The molecule has 0 heterocycles. The Morgan fingerprint density at radius 1 is 1.06 bits per heavy atom. The van der Waals surface area contributed by atoms with Gasteiger partial charge in [-0.1, -0.05) is 18.2 Å². The summed E-state index contributed by atoms with van der Waals surface area (Å²) in [6, 6.07) is 12.6. The van der Waals surface area contributed by atoms with Crippen LogP contribution in [0.2, 0.25) is 0 Å². The van der Waals surface area contributed by atoms with Crippen molar-refractivity contribution in [1.29, 1.82) is 0 Å². The van der Waals surface area contributed by atoms with Gasteiger partial charge in [-0.05, 0) is 24.3 Å². The van der Waals surface area contributed by atoms with Crippen LogP contribution in [0.15, 0.2) is 58.8 Å². The van der Waals surface area contributed by atoms with E-state index in [9.17, 15) is 15.2 Å². The van der Waals surface area contributed by atoms with Gasteiger partial charge in [0.1, 0.15) is 5.75 Å². The lowest BCUT2D eigenvalue weighted by atomic mass is 10.2. The third-order valence-corrected chi connectivity index (χ3v) is 2.19. The van der Waals surface area contributed by atoms with E-state index in [0.717, 1.165) is 6.07 Å². The predicted octanol–water partition coefficient (Wildman–Crippen LogP) is 3.72. The van der Waals surface area contributed by atoms with Crippen LogP contribution in [0, 0.1) is 10.1 Å². The maximum atomic E-state index is 10.8. The number of phenols is 1. The molecule has 18 heavy (non-hydrogen) atoms. The van der Waals surface area contributed by atoms with Gasteiger partial charge in [0.15, 0.2) is 5.69 Å². The number of nitro benzene ring substituents is 1. The van der Waals surface area contributed by atoms with Crippen LogP contribution in [-0.2, 0) is 0 Å². The van der Waals surface area contributed by atoms with Crippen molar-refractivity contribution in [2.45, 2.75) is 0 Å². The number of benzene rings is 2. The Bertz CT molecular complexity index is 597. The number of aromatic hydroxyl groups is 1. The van der Waals surface area contributed by atoms with Gasteiger partial charge in [0.2, 0.25) is 0 Å². The fraction of sp³-hybridized carbons (Fsp3) is 0. The number of phenolic OH excluding ortho intramolecular Hbond substituents is 1. The predicted molar refractivity (Wildman–Crippen MR) is 65.4 cm³/mol. The molecule has 0 atom stereocenters. The van der Waals surface area contributed by atoms with Crippen LogP contribution in [0.3, 0.4) is 0 Å². The molecule has 0 aromatic heterocycles. The van der Waals surface area contributed by atoms with Gasteiger partial charge in [-0.2, -0.15) is 5.11 Å². The fourth-order valence-electron chi connectivity index (χ4n) is 1.35. The first kappa shape index (κ1) is 11.7. The van der Waals surface area contributed by atoms with Gasteiger partial charge in [-0.25, -0.2) is 0 Å². The number of hydrogen-bond donors (Lipinski definition) is 1. The topological polar surface area (TPSA) is 88.1 Å². The third kappa shape index (κ3) is 2.67. The average molecular weight is 243 g/mol. The Hall–Kier alpha value is -2.76. The number of nitro groups is 1. The molecular formula is C12H9N3O3. The Balaban J connectivity index is 2.35. The van der Waals surface area contributed by atoms with Gasteiger partial charge in [-0.3, -0.25) is 10.1 Å². The quantitative estimate of drug-likeness (QED) is 0.506. The molecule has 0 aliphatic heterocycles. The van der Waals surface area contributed by atoms with Crippen LogP contribution < -0.4 is 0 Å². The summed E-state index contributed by atoms with van der Waals surface area (Å²) in [6.45, 7) is 0. The molecule has 0 fully saturated rings. The van der Waals surface area contributed by atoms with E-state index in [1.807, 2.05) is 6.07 Å². The summed E-state index contributed by atoms with van der Waals surface area (Å²) in [6.07, 6.45) is 0. The van der Waals surface area contributed by atoms with E-state index in [0.29, 0.717) is 5.69 Å². The smallest absolute Gasteiger partial charge is 0.300 e. The summed E-state index contributed by atoms with van der Waals surface area (Å²) < 4.78 is 0. The SMILES string of the molecule is O=[N+]([O-])c1cc(O)ccc1/N=N/c1ccccc1. The van der Waals surface area contributed by atoms with Crippen molar-refractivity contribution >= 4 is 17.1 Å². The summed E-state index contributed by atoms with van der Waals surface area (Å²) in [4.78, 5) is 10.2. The highest BCUT2D eigenvalue weighted by Gasteiger charge is 2.14. The van der Waals surface area contributed by atoms with E-state index in [-0.39, 0.29) is 17.1 Å². The lowest BCUT2D eigenvalue weighted by Crippen LogP contribution is -1.87. The summed E-state index contributed by atoms with van der Waals surface area (Å²) in [7, 11) is 0. The third-order valence-electron chi connectivity index (χ3n) is 2.19. The maximum Gasteiger partial charge on any atom is 0.300 e. The standard InChI is InChI=1S/C12H9N3O3/c16-10-6-7-11(12(8-10)15(17)18)14-13-9-4-2-1-3-5-9/h1-8,16H/b14-13+. The molecule has 6 heteroatoms. The number of nitrogens with zero attached hydrogens (tertiary/aromatic N) is 3. The van der Waals surface area contributed by atoms with E-state index >= 15 is 0 Å². The van der Waals surface area contributed by atoms with Crippen LogP contribution in [-0.4, -0.2) is 10.0 Å². The molecule has 0 bridgehead atoms. The van der Waals surface area contributed by atoms with Crippen LogP contribution in [0.1, 0.15) is 0 Å². The van der Waals surface area contributed by atoms with Gasteiger partial charge >= 0.3 is 0 Å². The number of azo groups is 1. The second-order valence-electron chi connectivity index (χ2n) is 3.47. The molecule has 0 unspecified atom stereocenters. The zero-order valence-corrected chi connectivity index (χ0v) is 9.22. The van der Waals surface area contributed by atoms with Crippen molar-refractivity contribution in [3.63, 3.8) is 0 Å². The van der Waals surface area contributed by atoms with Crippen molar-refractivity contribution in [2.24, 2.45) is 10.2 Å². The number of rotatable bonds is 3. The zero-order valence-electron chi connectivity index (χ0n) is 9.22. The monoisotopic (exact) mass is 243 g/mol. The molecule has 0 aliphatic carbocycles. The lowest BCUT2D eigenvalue weighted by molar-refractivity contribution is -0.384. The van der Waals surface area contributed by atoms with Crippen molar-refractivity contribution in [3.8, 4) is 5.75 Å². The molecule has 90 valence electrons. The van der Waals surface area contributed by atoms with Crippen molar-refractivity contribution < 1.29 is 10.0 Å². The van der Waals surface area contributed by atoms with Crippen molar-refractivity contribution in [1.82, 2.24) is 0 Å². The molecule has 2 rings (SSSR count). The van der Waals surface area contributed by atoms with Crippen LogP contribution in [0.5, 0.6) is 5.75 Å². The molecule has 2 aromatic rings. The Kier molecular flexibility index (Phi) is 3.29. The highest BCUT2D eigenvalue weighted by Crippen LogP contribution is 2.31. The molecule has 1 N–H and O–H groups in total. The van der Waals surface area contributed by atoms with E-state index in [1.165, 1.54) is 12.1 Å². The van der Waals surface area contributed by atoms with Gasteiger partial charge < -0.3 is 5.11 Å². The second-order valence-corrected chi connectivity index (χ2v) is 3.47. The Morgan fingerprint density at radius 3 is 2.44 bits per heavy atom. The molecule has 0 radical (unpaired) electrons. The molecule has 2 aromatic carbocycles.